The third kappa shape index (κ3) is 3.90. The van der Waals surface area contributed by atoms with E-state index in [4.69, 9.17) is 0 Å². The first-order chi connectivity index (χ1) is 12.1. The van der Waals surface area contributed by atoms with E-state index < -0.39 is 0 Å². The summed E-state index contributed by atoms with van der Waals surface area (Å²) in [4.78, 5) is 24.9. The van der Waals surface area contributed by atoms with E-state index in [-0.39, 0.29) is 18.5 Å². The summed E-state index contributed by atoms with van der Waals surface area (Å²) in [5.74, 6) is 1.62. The van der Waals surface area contributed by atoms with E-state index in [0.29, 0.717) is 17.4 Å². The molecule has 0 fully saturated rings. The van der Waals surface area contributed by atoms with E-state index in [0.717, 1.165) is 17.7 Å². The largest absolute Gasteiger partial charge is 0.361 e. The fourth-order valence-electron chi connectivity index (χ4n) is 2.33. The van der Waals surface area contributed by atoms with Crippen molar-refractivity contribution in [2.24, 2.45) is 0 Å². The van der Waals surface area contributed by atoms with E-state index in [2.05, 4.69) is 30.7 Å². The van der Waals surface area contributed by atoms with Crippen LogP contribution in [0.1, 0.15) is 26.0 Å². The van der Waals surface area contributed by atoms with Crippen molar-refractivity contribution in [1.29, 1.82) is 0 Å². The fraction of sp³-hybridized carbons (Fsp3) is 0.353. The molecule has 0 saturated heterocycles. The smallest absolute Gasteiger partial charge is 0.254 e. The van der Waals surface area contributed by atoms with Gasteiger partial charge in [0.15, 0.2) is 5.82 Å². The van der Waals surface area contributed by atoms with Gasteiger partial charge in [-0.05, 0) is 32.4 Å². The lowest BCUT2D eigenvalue weighted by molar-refractivity contribution is -0.120. The molecule has 0 aliphatic heterocycles. The van der Waals surface area contributed by atoms with Gasteiger partial charge < -0.3 is 10.6 Å². The van der Waals surface area contributed by atoms with Gasteiger partial charge in [-0.15, -0.1) is 5.10 Å². The molecular formula is C17H21N7O. The molecular weight excluding hydrogens is 318 g/mol. The third-order valence-electron chi connectivity index (χ3n) is 3.81. The number of nitrogens with zero attached hydrogens (tertiary/aromatic N) is 5. The van der Waals surface area contributed by atoms with Crippen LogP contribution in [-0.4, -0.2) is 43.1 Å². The second-order valence-corrected chi connectivity index (χ2v) is 5.90. The average molecular weight is 339 g/mol. The third-order valence-corrected chi connectivity index (χ3v) is 3.81. The standard InChI is InChI=1S/C17H21N7O/c1-4-11(2)20-15(25)10-19-14-8-12(3)21-17-22-16(23-24(14)17)13-6-5-7-18-9-13/h5-9,11,19H,4,10H2,1-3H3,(H,20,25)/t11-/m0/s1. The summed E-state index contributed by atoms with van der Waals surface area (Å²) in [5, 5.41) is 10.5. The number of fused-ring (bicyclic) bond motifs is 1. The zero-order valence-corrected chi connectivity index (χ0v) is 14.5. The zero-order chi connectivity index (χ0) is 17.8. The molecule has 1 atom stereocenters. The quantitative estimate of drug-likeness (QED) is 0.711. The second kappa shape index (κ2) is 7.25. The summed E-state index contributed by atoms with van der Waals surface area (Å²) in [7, 11) is 0. The van der Waals surface area contributed by atoms with E-state index in [1.165, 1.54) is 0 Å². The van der Waals surface area contributed by atoms with Crippen LogP contribution in [-0.2, 0) is 4.79 Å². The predicted molar refractivity (Wildman–Crippen MR) is 95.1 cm³/mol. The summed E-state index contributed by atoms with van der Waals surface area (Å²) in [5.41, 5.74) is 1.61. The molecule has 0 bridgehead atoms. The molecule has 0 aliphatic rings. The van der Waals surface area contributed by atoms with Crippen LogP contribution in [0.5, 0.6) is 0 Å². The molecule has 0 unspecified atom stereocenters. The van der Waals surface area contributed by atoms with Gasteiger partial charge in [0.2, 0.25) is 5.91 Å². The van der Waals surface area contributed by atoms with E-state index >= 15 is 0 Å². The Morgan fingerprint density at radius 1 is 1.36 bits per heavy atom. The minimum absolute atomic E-state index is 0.0652. The van der Waals surface area contributed by atoms with Gasteiger partial charge in [0, 0.05) is 35.8 Å². The molecule has 130 valence electrons. The van der Waals surface area contributed by atoms with Crippen LogP contribution in [0.15, 0.2) is 30.6 Å². The van der Waals surface area contributed by atoms with Gasteiger partial charge in [0.05, 0.1) is 6.54 Å². The first kappa shape index (κ1) is 16.8. The van der Waals surface area contributed by atoms with Crippen molar-refractivity contribution in [2.45, 2.75) is 33.2 Å². The monoisotopic (exact) mass is 339 g/mol. The summed E-state index contributed by atoms with van der Waals surface area (Å²) in [6.07, 6.45) is 4.29. The van der Waals surface area contributed by atoms with Gasteiger partial charge in [0.25, 0.3) is 5.78 Å². The summed E-state index contributed by atoms with van der Waals surface area (Å²) < 4.78 is 1.60. The van der Waals surface area contributed by atoms with Crippen molar-refractivity contribution >= 4 is 17.5 Å². The van der Waals surface area contributed by atoms with Crippen LogP contribution in [0.2, 0.25) is 0 Å². The number of anilines is 1. The van der Waals surface area contributed by atoms with Gasteiger partial charge in [-0.3, -0.25) is 9.78 Å². The molecule has 3 aromatic rings. The van der Waals surface area contributed by atoms with Crippen molar-refractivity contribution in [3.8, 4) is 11.4 Å². The molecule has 0 aromatic carbocycles. The maximum atomic E-state index is 12.0. The van der Waals surface area contributed by atoms with Crippen molar-refractivity contribution < 1.29 is 4.79 Å². The molecule has 0 saturated carbocycles. The zero-order valence-electron chi connectivity index (χ0n) is 14.5. The van der Waals surface area contributed by atoms with Gasteiger partial charge in [0.1, 0.15) is 5.82 Å². The van der Waals surface area contributed by atoms with Crippen LogP contribution in [0, 0.1) is 6.92 Å². The molecule has 8 nitrogen and oxygen atoms in total. The molecule has 1 amide bonds. The van der Waals surface area contributed by atoms with E-state index in [1.54, 1.807) is 16.9 Å². The maximum Gasteiger partial charge on any atom is 0.254 e. The number of carbonyl (C=O) groups excluding carboxylic acids is 1. The van der Waals surface area contributed by atoms with Gasteiger partial charge in [-0.25, -0.2) is 4.98 Å². The molecule has 0 radical (unpaired) electrons. The summed E-state index contributed by atoms with van der Waals surface area (Å²) in [6.45, 7) is 6.04. The normalized spacial score (nSPS) is 12.1. The van der Waals surface area contributed by atoms with Crippen molar-refractivity contribution in [3.63, 3.8) is 0 Å². The lowest BCUT2D eigenvalue weighted by atomic mass is 10.2. The first-order valence-corrected chi connectivity index (χ1v) is 8.25. The SMILES string of the molecule is CC[C@H](C)NC(=O)CNc1cc(C)nc2nc(-c3cccnc3)nn12. The number of carbonyl (C=O) groups is 1. The van der Waals surface area contributed by atoms with Gasteiger partial charge in [-0.2, -0.15) is 9.50 Å². The van der Waals surface area contributed by atoms with Crippen molar-refractivity contribution in [2.75, 3.05) is 11.9 Å². The highest BCUT2D eigenvalue weighted by Gasteiger charge is 2.13. The van der Waals surface area contributed by atoms with E-state index in [9.17, 15) is 4.79 Å². The molecule has 2 N–H and O–H groups in total. The molecule has 3 heterocycles. The number of pyridine rings is 1. The van der Waals surface area contributed by atoms with Crippen LogP contribution < -0.4 is 10.6 Å². The number of rotatable bonds is 6. The Bertz CT molecular complexity index is 875. The Balaban J connectivity index is 1.85. The molecule has 0 spiro atoms. The Kier molecular flexibility index (Phi) is 4.87. The number of aromatic nitrogens is 5. The number of nitrogens with one attached hydrogen (secondary N) is 2. The highest BCUT2D eigenvalue weighted by atomic mass is 16.2. The van der Waals surface area contributed by atoms with Crippen LogP contribution >= 0.6 is 0 Å². The summed E-state index contributed by atoms with van der Waals surface area (Å²) in [6, 6.07) is 5.71. The van der Waals surface area contributed by atoms with Gasteiger partial charge >= 0.3 is 0 Å². The lowest BCUT2D eigenvalue weighted by Gasteiger charge is -2.12. The first-order valence-electron chi connectivity index (χ1n) is 8.25. The molecule has 3 rings (SSSR count). The van der Waals surface area contributed by atoms with E-state index in [1.807, 2.05) is 39.0 Å². The highest BCUT2D eigenvalue weighted by Crippen LogP contribution is 2.17. The molecule has 8 heteroatoms. The number of hydrogen-bond donors (Lipinski definition) is 2. The average Bonchev–Trinajstić information content (AvgIpc) is 3.04. The summed E-state index contributed by atoms with van der Waals surface area (Å²) >= 11 is 0. The molecule has 25 heavy (non-hydrogen) atoms. The number of amides is 1. The Morgan fingerprint density at radius 3 is 2.92 bits per heavy atom. The maximum absolute atomic E-state index is 12.0. The molecule has 3 aromatic heterocycles. The topological polar surface area (TPSA) is 97.1 Å². The number of hydrogen-bond acceptors (Lipinski definition) is 6. The Labute approximate surface area is 145 Å². The molecule has 0 aliphatic carbocycles. The van der Waals surface area contributed by atoms with Crippen LogP contribution in [0.3, 0.4) is 0 Å². The van der Waals surface area contributed by atoms with Crippen LogP contribution in [0.4, 0.5) is 5.82 Å². The fourth-order valence-corrected chi connectivity index (χ4v) is 2.33. The lowest BCUT2D eigenvalue weighted by Crippen LogP contribution is -2.36. The number of aryl methyl sites for hydroxylation is 1. The minimum atomic E-state index is -0.0652. The van der Waals surface area contributed by atoms with Gasteiger partial charge in [-0.1, -0.05) is 6.92 Å². The second-order valence-electron chi connectivity index (χ2n) is 5.90. The Hall–Kier alpha value is -3.03. The van der Waals surface area contributed by atoms with Crippen molar-refractivity contribution in [1.82, 2.24) is 29.9 Å². The van der Waals surface area contributed by atoms with Crippen LogP contribution in [0.25, 0.3) is 17.2 Å². The predicted octanol–water partition coefficient (Wildman–Crippen LogP) is 1.82. The minimum Gasteiger partial charge on any atom is -0.361 e. The van der Waals surface area contributed by atoms with Crippen molar-refractivity contribution in [3.05, 3.63) is 36.3 Å². The Morgan fingerprint density at radius 2 is 2.20 bits per heavy atom. The highest BCUT2D eigenvalue weighted by molar-refractivity contribution is 5.80.